The molecule has 0 aliphatic heterocycles. The fourth-order valence-corrected chi connectivity index (χ4v) is 2.69. The monoisotopic (exact) mass is 362 g/mol. The number of rotatable bonds is 5. The summed E-state index contributed by atoms with van der Waals surface area (Å²) in [7, 11) is 0. The van der Waals surface area contributed by atoms with Crippen LogP contribution in [-0.4, -0.2) is 22.3 Å². The van der Waals surface area contributed by atoms with Crippen molar-refractivity contribution in [2.45, 2.75) is 19.9 Å². The minimum absolute atomic E-state index is 0.0804. The lowest BCUT2D eigenvalue weighted by Crippen LogP contribution is -2.28. The molecule has 0 spiro atoms. The van der Waals surface area contributed by atoms with Gasteiger partial charge in [0.05, 0.1) is 11.4 Å². The molecule has 1 aromatic heterocycles. The average molecular weight is 362 g/mol. The van der Waals surface area contributed by atoms with Crippen LogP contribution in [0.2, 0.25) is 0 Å². The first-order valence-corrected chi connectivity index (χ1v) is 8.44. The largest absolute Gasteiger partial charge is 0.479 e. The van der Waals surface area contributed by atoms with Gasteiger partial charge in [0.25, 0.3) is 11.5 Å². The second-order valence-electron chi connectivity index (χ2n) is 6.17. The topological polar surface area (TPSA) is 97.0 Å². The Morgan fingerprint density at radius 1 is 1.22 bits per heavy atom. The first-order chi connectivity index (χ1) is 13.0. The van der Waals surface area contributed by atoms with Crippen LogP contribution in [0.5, 0.6) is 5.75 Å². The fraction of sp³-hybridized carbons (Fsp3) is 0.200. The smallest absolute Gasteiger partial charge is 0.276 e. The summed E-state index contributed by atoms with van der Waals surface area (Å²) in [6.07, 6.45) is 0. The molecular weight excluding hydrogens is 344 g/mol. The Bertz CT molecular complexity index is 1100. The van der Waals surface area contributed by atoms with Crippen molar-refractivity contribution in [3.05, 3.63) is 64.6 Å². The van der Waals surface area contributed by atoms with Gasteiger partial charge < -0.3 is 10.1 Å². The molecule has 0 fully saturated rings. The van der Waals surface area contributed by atoms with E-state index in [-0.39, 0.29) is 23.9 Å². The maximum atomic E-state index is 12.9. The van der Waals surface area contributed by atoms with Gasteiger partial charge in [0.2, 0.25) is 0 Å². The van der Waals surface area contributed by atoms with Crippen molar-refractivity contribution in [3.8, 4) is 11.8 Å². The number of anilines is 1. The Morgan fingerprint density at radius 3 is 2.67 bits per heavy atom. The van der Waals surface area contributed by atoms with Gasteiger partial charge in [-0.05, 0) is 32.0 Å². The zero-order chi connectivity index (χ0) is 19.4. The van der Waals surface area contributed by atoms with Crippen LogP contribution in [0.1, 0.15) is 30.4 Å². The molecule has 1 N–H and O–H groups in total. The number of carbonyl (C=O) groups excluding carboxylic acids is 1. The summed E-state index contributed by atoms with van der Waals surface area (Å²) < 4.78 is 6.56. The molecule has 1 amide bonds. The van der Waals surface area contributed by atoms with Gasteiger partial charge in [-0.2, -0.15) is 10.4 Å². The summed E-state index contributed by atoms with van der Waals surface area (Å²) in [5.74, 6) is 0.0392. The number of ether oxygens (including phenoxy) is 1. The molecule has 3 rings (SSSR count). The van der Waals surface area contributed by atoms with Crippen LogP contribution in [0.15, 0.2) is 53.3 Å². The van der Waals surface area contributed by atoms with Crippen molar-refractivity contribution in [3.63, 3.8) is 0 Å². The average Bonchev–Trinajstić information content (AvgIpc) is 2.66. The van der Waals surface area contributed by atoms with Crippen LogP contribution in [-0.2, 0) is 0 Å². The second kappa shape index (κ2) is 7.70. The van der Waals surface area contributed by atoms with Crippen molar-refractivity contribution < 1.29 is 9.53 Å². The van der Waals surface area contributed by atoms with E-state index in [2.05, 4.69) is 10.4 Å². The van der Waals surface area contributed by atoms with Crippen molar-refractivity contribution in [1.82, 2.24) is 9.78 Å². The second-order valence-corrected chi connectivity index (χ2v) is 6.17. The van der Waals surface area contributed by atoms with Crippen molar-refractivity contribution >= 4 is 22.4 Å². The van der Waals surface area contributed by atoms with Crippen molar-refractivity contribution in [2.75, 3.05) is 11.9 Å². The lowest BCUT2D eigenvalue weighted by Gasteiger charge is -2.13. The van der Waals surface area contributed by atoms with Gasteiger partial charge in [-0.3, -0.25) is 9.59 Å². The molecule has 27 heavy (non-hydrogen) atoms. The fourth-order valence-electron chi connectivity index (χ4n) is 2.69. The first kappa shape index (κ1) is 18.1. The normalized spacial score (nSPS) is 10.6. The number of nitrogens with one attached hydrogen (secondary N) is 1. The Hall–Kier alpha value is -3.66. The number of fused-ring (bicyclic) bond motifs is 1. The molecule has 7 heteroatoms. The molecule has 0 unspecified atom stereocenters. The van der Waals surface area contributed by atoms with E-state index in [9.17, 15) is 9.59 Å². The van der Waals surface area contributed by atoms with Gasteiger partial charge >= 0.3 is 0 Å². The third-order valence-electron chi connectivity index (χ3n) is 3.93. The molecule has 7 nitrogen and oxygen atoms in total. The van der Waals surface area contributed by atoms with E-state index in [1.807, 2.05) is 19.9 Å². The van der Waals surface area contributed by atoms with Crippen molar-refractivity contribution in [1.29, 1.82) is 5.26 Å². The molecule has 1 heterocycles. The Labute approximate surface area is 155 Å². The van der Waals surface area contributed by atoms with Gasteiger partial charge in [-0.15, -0.1) is 0 Å². The Morgan fingerprint density at radius 2 is 1.96 bits per heavy atom. The van der Waals surface area contributed by atoms with E-state index in [4.69, 9.17) is 10.00 Å². The van der Waals surface area contributed by atoms with Crippen molar-refractivity contribution in [2.24, 2.45) is 0 Å². The number of benzene rings is 2. The predicted octanol–water partition coefficient (Wildman–Crippen LogP) is 3.13. The SMILES string of the molecule is CC(C)n1nc(C(=O)Nc2cccc(OCC#N)c2)c2ccccc2c1=O. The number of nitriles is 1. The summed E-state index contributed by atoms with van der Waals surface area (Å²) in [6, 6.07) is 15.3. The molecule has 0 atom stereocenters. The maximum absolute atomic E-state index is 12.9. The third kappa shape index (κ3) is 3.80. The van der Waals surface area contributed by atoms with E-state index in [1.165, 1.54) is 4.68 Å². The number of amides is 1. The zero-order valence-corrected chi connectivity index (χ0v) is 15.0. The van der Waals surface area contributed by atoms with Crippen LogP contribution in [0.4, 0.5) is 5.69 Å². The lowest BCUT2D eigenvalue weighted by molar-refractivity contribution is 0.102. The number of hydrogen-bond acceptors (Lipinski definition) is 5. The summed E-state index contributed by atoms with van der Waals surface area (Å²) in [5.41, 5.74) is 0.440. The molecule has 0 aliphatic rings. The van der Waals surface area contributed by atoms with E-state index in [0.29, 0.717) is 22.2 Å². The van der Waals surface area contributed by atoms with Gasteiger partial charge in [0, 0.05) is 17.1 Å². The van der Waals surface area contributed by atoms with E-state index in [0.717, 1.165) is 0 Å². The lowest BCUT2D eigenvalue weighted by atomic mass is 10.1. The van der Waals surface area contributed by atoms with Gasteiger partial charge in [-0.1, -0.05) is 24.3 Å². The van der Waals surface area contributed by atoms with Crippen LogP contribution < -0.4 is 15.6 Å². The minimum Gasteiger partial charge on any atom is -0.479 e. The number of nitrogens with zero attached hydrogens (tertiary/aromatic N) is 3. The molecule has 3 aromatic rings. The molecular formula is C20H18N4O3. The summed E-state index contributed by atoms with van der Waals surface area (Å²) in [6.45, 7) is 3.59. The molecule has 0 bridgehead atoms. The Balaban J connectivity index is 2.00. The number of aromatic nitrogens is 2. The summed E-state index contributed by atoms with van der Waals surface area (Å²) in [5, 5.41) is 16.6. The van der Waals surface area contributed by atoms with E-state index < -0.39 is 5.91 Å². The molecule has 0 saturated heterocycles. The molecule has 136 valence electrons. The van der Waals surface area contributed by atoms with Gasteiger partial charge in [0.15, 0.2) is 12.3 Å². The standard InChI is InChI=1S/C20H18N4O3/c1-13(2)24-20(26)17-9-4-3-8-16(17)18(23-24)19(25)22-14-6-5-7-15(12-14)27-11-10-21/h3-9,12-13H,11H2,1-2H3,(H,22,25). The Kier molecular flexibility index (Phi) is 5.18. The van der Waals surface area contributed by atoms with Crippen LogP contribution >= 0.6 is 0 Å². The highest BCUT2D eigenvalue weighted by molar-refractivity contribution is 6.11. The van der Waals surface area contributed by atoms with E-state index >= 15 is 0 Å². The summed E-state index contributed by atoms with van der Waals surface area (Å²) in [4.78, 5) is 25.4. The van der Waals surface area contributed by atoms with Gasteiger partial charge in [-0.25, -0.2) is 4.68 Å². The maximum Gasteiger partial charge on any atom is 0.276 e. The number of hydrogen-bond donors (Lipinski definition) is 1. The quantitative estimate of drug-likeness (QED) is 0.752. The molecule has 2 aromatic carbocycles. The zero-order valence-electron chi connectivity index (χ0n) is 15.0. The third-order valence-corrected chi connectivity index (χ3v) is 3.93. The number of carbonyl (C=O) groups is 1. The molecule has 0 radical (unpaired) electrons. The van der Waals surface area contributed by atoms with Crippen LogP contribution in [0.25, 0.3) is 10.8 Å². The highest BCUT2D eigenvalue weighted by Crippen LogP contribution is 2.20. The van der Waals surface area contributed by atoms with E-state index in [1.54, 1.807) is 48.5 Å². The first-order valence-electron chi connectivity index (χ1n) is 8.44. The summed E-state index contributed by atoms with van der Waals surface area (Å²) >= 11 is 0. The highest BCUT2D eigenvalue weighted by atomic mass is 16.5. The van der Waals surface area contributed by atoms with Crippen LogP contribution in [0.3, 0.4) is 0 Å². The predicted molar refractivity (Wildman–Crippen MR) is 102 cm³/mol. The van der Waals surface area contributed by atoms with Crippen LogP contribution in [0, 0.1) is 11.3 Å². The minimum atomic E-state index is -0.432. The molecule has 0 saturated carbocycles. The van der Waals surface area contributed by atoms with Gasteiger partial charge in [0.1, 0.15) is 11.8 Å². The highest BCUT2D eigenvalue weighted by Gasteiger charge is 2.18. The molecule has 0 aliphatic carbocycles.